The molecule has 26 heavy (non-hydrogen) atoms. The third kappa shape index (κ3) is 2.13. The number of para-hydroxylation sites is 1. The molecule has 0 saturated heterocycles. The standard InChI is InChI=1S/C23H28N2O/c1-6-25(7-2)18-12-13-21-17(16-18)14-15-23(26-21)22(3,4)19-10-8-9-11-20(19)24(23)5/h8-16H,6-7H2,1-5H3. The van der Waals surface area contributed by atoms with Gasteiger partial charge in [-0.25, -0.2) is 0 Å². The largest absolute Gasteiger partial charge is 0.463 e. The molecule has 2 aromatic carbocycles. The molecule has 0 amide bonds. The number of anilines is 2. The Morgan fingerprint density at radius 2 is 1.77 bits per heavy atom. The lowest BCUT2D eigenvalue weighted by Gasteiger charge is -2.46. The summed E-state index contributed by atoms with van der Waals surface area (Å²) in [7, 11) is 2.13. The molecule has 1 spiro atoms. The second-order valence-electron chi connectivity index (χ2n) is 7.73. The fraction of sp³-hybridized carbons (Fsp3) is 0.391. The maximum absolute atomic E-state index is 6.71. The van der Waals surface area contributed by atoms with Crippen LogP contribution in [-0.2, 0) is 5.41 Å². The lowest BCUT2D eigenvalue weighted by atomic mass is 9.76. The predicted molar refractivity (Wildman–Crippen MR) is 110 cm³/mol. The van der Waals surface area contributed by atoms with Crippen molar-refractivity contribution in [1.82, 2.24) is 0 Å². The van der Waals surface area contributed by atoms with Gasteiger partial charge in [0, 0.05) is 37.1 Å². The highest BCUT2D eigenvalue weighted by atomic mass is 16.5. The fourth-order valence-corrected chi connectivity index (χ4v) is 4.55. The molecule has 0 aromatic heterocycles. The van der Waals surface area contributed by atoms with E-state index in [0.29, 0.717) is 0 Å². The molecule has 3 nitrogen and oxygen atoms in total. The molecule has 2 aliphatic rings. The van der Waals surface area contributed by atoms with E-state index in [9.17, 15) is 0 Å². The van der Waals surface area contributed by atoms with Crippen molar-refractivity contribution in [3.63, 3.8) is 0 Å². The Morgan fingerprint density at radius 3 is 2.46 bits per heavy atom. The number of nitrogens with zero attached hydrogens (tertiary/aromatic N) is 2. The van der Waals surface area contributed by atoms with Crippen LogP contribution < -0.4 is 14.5 Å². The molecule has 2 aromatic rings. The van der Waals surface area contributed by atoms with E-state index in [1.165, 1.54) is 16.9 Å². The summed E-state index contributed by atoms with van der Waals surface area (Å²) in [5, 5.41) is 0. The van der Waals surface area contributed by atoms with E-state index in [4.69, 9.17) is 4.74 Å². The molecule has 0 bridgehead atoms. The highest BCUT2D eigenvalue weighted by Crippen LogP contribution is 2.54. The molecule has 136 valence electrons. The van der Waals surface area contributed by atoms with E-state index < -0.39 is 5.72 Å². The first-order valence-electron chi connectivity index (χ1n) is 9.55. The molecule has 4 rings (SSSR count). The van der Waals surface area contributed by atoms with Crippen LogP contribution in [0.3, 0.4) is 0 Å². The van der Waals surface area contributed by atoms with Crippen LogP contribution in [0.5, 0.6) is 5.75 Å². The van der Waals surface area contributed by atoms with Gasteiger partial charge in [0.15, 0.2) is 0 Å². The number of benzene rings is 2. The summed E-state index contributed by atoms with van der Waals surface area (Å²) in [6.07, 6.45) is 4.47. The average molecular weight is 348 g/mol. The number of rotatable bonds is 3. The van der Waals surface area contributed by atoms with E-state index in [-0.39, 0.29) is 5.41 Å². The van der Waals surface area contributed by atoms with Gasteiger partial charge >= 0.3 is 0 Å². The Hall–Kier alpha value is -2.42. The van der Waals surface area contributed by atoms with Gasteiger partial charge in [-0.2, -0.15) is 0 Å². The summed E-state index contributed by atoms with van der Waals surface area (Å²) < 4.78 is 6.71. The quantitative estimate of drug-likeness (QED) is 0.771. The fourth-order valence-electron chi connectivity index (χ4n) is 4.55. The molecule has 0 aliphatic carbocycles. The van der Waals surface area contributed by atoms with Crippen molar-refractivity contribution in [1.29, 1.82) is 0 Å². The van der Waals surface area contributed by atoms with Crippen LogP contribution in [0.15, 0.2) is 48.5 Å². The molecule has 0 N–H and O–H groups in total. The van der Waals surface area contributed by atoms with Crippen molar-refractivity contribution in [3.8, 4) is 5.75 Å². The Kier molecular flexibility index (Phi) is 3.80. The normalized spacial score (nSPS) is 22.1. The van der Waals surface area contributed by atoms with Gasteiger partial charge in [-0.05, 0) is 69.7 Å². The van der Waals surface area contributed by atoms with Crippen LogP contribution in [0.4, 0.5) is 11.4 Å². The molecule has 2 aliphatic heterocycles. The summed E-state index contributed by atoms with van der Waals surface area (Å²) in [6.45, 7) is 10.9. The molecule has 2 heterocycles. The van der Waals surface area contributed by atoms with E-state index in [1.54, 1.807) is 0 Å². The molecular formula is C23H28N2O. The summed E-state index contributed by atoms with van der Waals surface area (Å²) >= 11 is 0. The monoisotopic (exact) mass is 348 g/mol. The minimum absolute atomic E-state index is 0.149. The number of hydrogen-bond acceptors (Lipinski definition) is 3. The highest BCUT2D eigenvalue weighted by molar-refractivity contribution is 5.73. The van der Waals surface area contributed by atoms with Crippen LogP contribution >= 0.6 is 0 Å². The lowest BCUT2D eigenvalue weighted by molar-refractivity contribution is 0.0582. The number of fused-ring (bicyclic) bond motifs is 2. The van der Waals surface area contributed by atoms with Gasteiger partial charge in [-0.15, -0.1) is 0 Å². The minimum atomic E-state index is -0.500. The van der Waals surface area contributed by atoms with Crippen molar-refractivity contribution in [3.05, 3.63) is 59.7 Å². The SMILES string of the molecule is CCN(CC)c1ccc2c(c1)C=CC1(O2)N(C)c2ccccc2C1(C)C. The van der Waals surface area contributed by atoms with Gasteiger partial charge in [0.2, 0.25) is 5.72 Å². The van der Waals surface area contributed by atoms with Crippen LogP contribution in [0.25, 0.3) is 6.08 Å². The second-order valence-corrected chi connectivity index (χ2v) is 7.73. The minimum Gasteiger partial charge on any atom is -0.463 e. The number of hydrogen-bond donors (Lipinski definition) is 0. The molecule has 0 fully saturated rings. The summed E-state index contributed by atoms with van der Waals surface area (Å²) in [4.78, 5) is 4.64. The summed E-state index contributed by atoms with van der Waals surface area (Å²) in [5.41, 5.74) is 4.32. The van der Waals surface area contributed by atoms with Gasteiger partial charge in [-0.3, -0.25) is 0 Å². The van der Waals surface area contributed by atoms with Crippen molar-refractivity contribution in [2.24, 2.45) is 0 Å². The van der Waals surface area contributed by atoms with Gasteiger partial charge in [0.1, 0.15) is 5.75 Å². The zero-order chi connectivity index (χ0) is 18.5. The Morgan fingerprint density at radius 1 is 1.04 bits per heavy atom. The maximum Gasteiger partial charge on any atom is 0.211 e. The van der Waals surface area contributed by atoms with Gasteiger partial charge in [0.25, 0.3) is 0 Å². The van der Waals surface area contributed by atoms with Crippen molar-refractivity contribution in [2.75, 3.05) is 29.9 Å². The molecule has 0 radical (unpaired) electrons. The van der Waals surface area contributed by atoms with Gasteiger partial charge < -0.3 is 14.5 Å². The number of likely N-dealkylation sites (N-methyl/N-ethyl adjacent to an activating group) is 1. The first kappa shape index (κ1) is 17.0. The zero-order valence-electron chi connectivity index (χ0n) is 16.4. The predicted octanol–water partition coefficient (Wildman–Crippen LogP) is 5.06. The smallest absolute Gasteiger partial charge is 0.211 e. The van der Waals surface area contributed by atoms with Crippen LogP contribution in [0.1, 0.15) is 38.8 Å². The molecule has 3 heteroatoms. The van der Waals surface area contributed by atoms with Crippen molar-refractivity contribution in [2.45, 2.75) is 38.8 Å². The van der Waals surface area contributed by atoms with Crippen LogP contribution in [-0.4, -0.2) is 25.9 Å². The molecule has 1 atom stereocenters. The van der Waals surface area contributed by atoms with E-state index in [0.717, 1.165) is 24.4 Å². The topological polar surface area (TPSA) is 15.7 Å². The van der Waals surface area contributed by atoms with Crippen molar-refractivity contribution >= 4 is 17.5 Å². The Labute approximate surface area is 156 Å². The molecule has 1 unspecified atom stereocenters. The highest BCUT2D eigenvalue weighted by Gasteiger charge is 2.57. The maximum atomic E-state index is 6.71. The van der Waals surface area contributed by atoms with Gasteiger partial charge in [-0.1, -0.05) is 18.2 Å². The van der Waals surface area contributed by atoms with Crippen LogP contribution in [0, 0.1) is 0 Å². The zero-order valence-corrected chi connectivity index (χ0v) is 16.4. The third-order valence-corrected chi connectivity index (χ3v) is 6.21. The first-order valence-corrected chi connectivity index (χ1v) is 9.55. The average Bonchev–Trinajstić information content (AvgIpc) is 2.82. The van der Waals surface area contributed by atoms with E-state index in [2.05, 4.69) is 99.2 Å². The summed E-state index contributed by atoms with van der Waals surface area (Å²) in [5.74, 6) is 0.955. The lowest BCUT2D eigenvalue weighted by Crippen LogP contribution is -2.58. The first-order chi connectivity index (χ1) is 12.4. The molecule has 0 saturated carbocycles. The molecular weight excluding hydrogens is 320 g/mol. The van der Waals surface area contributed by atoms with Crippen molar-refractivity contribution < 1.29 is 4.74 Å². The number of ether oxygens (including phenoxy) is 1. The van der Waals surface area contributed by atoms with Crippen LogP contribution in [0.2, 0.25) is 0 Å². The second kappa shape index (κ2) is 5.80. The van der Waals surface area contributed by atoms with Gasteiger partial charge in [0.05, 0.1) is 5.41 Å². The Balaban J connectivity index is 1.77. The van der Waals surface area contributed by atoms with E-state index >= 15 is 0 Å². The Bertz CT molecular complexity index is 866. The summed E-state index contributed by atoms with van der Waals surface area (Å²) in [6, 6.07) is 15.2. The van der Waals surface area contributed by atoms with E-state index in [1.807, 2.05) is 0 Å². The third-order valence-electron chi connectivity index (χ3n) is 6.21.